The molecule has 0 saturated carbocycles. The first kappa shape index (κ1) is 9.35. The molecule has 1 N–H and O–H groups in total. The third-order valence-electron chi connectivity index (χ3n) is 1.07. The Labute approximate surface area is 76.4 Å². The van der Waals surface area contributed by atoms with E-state index in [2.05, 4.69) is 10.8 Å². The fourth-order valence-corrected chi connectivity index (χ4v) is 1.45. The third kappa shape index (κ3) is 3.11. The number of nitrogens with one attached hydrogen (secondary N) is 1. The van der Waals surface area contributed by atoms with Gasteiger partial charge in [-0.25, -0.2) is 8.42 Å². The second kappa shape index (κ2) is 3.33. The lowest BCUT2D eigenvalue weighted by Gasteiger charge is -2.02. The SMILES string of the molecule is CS(=O)(=O)Nc1cc[c]c(Cl)c1. The van der Waals surface area contributed by atoms with Gasteiger partial charge in [0.15, 0.2) is 0 Å². The van der Waals surface area contributed by atoms with Crippen LogP contribution in [0.2, 0.25) is 5.02 Å². The maximum atomic E-state index is 10.7. The molecule has 0 unspecified atom stereocenters. The molecule has 5 heteroatoms. The van der Waals surface area contributed by atoms with Crippen LogP contribution in [-0.4, -0.2) is 14.7 Å². The monoisotopic (exact) mass is 204 g/mol. The van der Waals surface area contributed by atoms with E-state index < -0.39 is 10.0 Å². The van der Waals surface area contributed by atoms with Gasteiger partial charge in [0.2, 0.25) is 10.0 Å². The summed E-state index contributed by atoms with van der Waals surface area (Å²) in [6, 6.07) is 7.30. The Hall–Kier alpha value is -0.740. The zero-order valence-electron chi connectivity index (χ0n) is 6.33. The Kier molecular flexibility index (Phi) is 2.59. The van der Waals surface area contributed by atoms with Crippen LogP contribution < -0.4 is 4.72 Å². The topological polar surface area (TPSA) is 46.2 Å². The Morgan fingerprint density at radius 1 is 1.58 bits per heavy atom. The van der Waals surface area contributed by atoms with Crippen LogP contribution in [0.1, 0.15) is 0 Å². The summed E-state index contributed by atoms with van der Waals surface area (Å²) in [4.78, 5) is 0. The van der Waals surface area contributed by atoms with Crippen molar-refractivity contribution >= 4 is 27.3 Å². The number of anilines is 1. The van der Waals surface area contributed by atoms with Crippen LogP contribution in [0, 0.1) is 6.07 Å². The summed E-state index contributed by atoms with van der Waals surface area (Å²) in [6.45, 7) is 0. The third-order valence-corrected chi connectivity index (χ3v) is 1.89. The first-order valence-corrected chi connectivity index (χ1v) is 5.39. The van der Waals surface area contributed by atoms with E-state index in [1.165, 1.54) is 6.07 Å². The molecule has 1 radical (unpaired) electrons. The fourth-order valence-electron chi connectivity index (χ4n) is 0.715. The molecular weight excluding hydrogens is 198 g/mol. The Morgan fingerprint density at radius 3 is 2.75 bits per heavy atom. The summed E-state index contributed by atoms with van der Waals surface area (Å²) in [7, 11) is -3.22. The summed E-state index contributed by atoms with van der Waals surface area (Å²) in [5, 5.41) is 0.378. The molecule has 0 aliphatic carbocycles. The van der Waals surface area contributed by atoms with E-state index in [1.807, 2.05) is 0 Å². The summed E-state index contributed by atoms with van der Waals surface area (Å²) in [5.41, 5.74) is 0.446. The van der Waals surface area contributed by atoms with Crippen molar-refractivity contribution in [1.82, 2.24) is 0 Å². The zero-order valence-corrected chi connectivity index (χ0v) is 7.91. The number of rotatable bonds is 2. The van der Waals surface area contributed by atoms with Crippen molar-refractivity contribution in [2.75, 3.05) is 11.0 Å². The summed E-state index contributed by atoms with van der Waals surface area (Å²) < 4.78 is 23.8. The van der Waals surface area contributed by atoms with Crippen molar-refractivity contribution in [1.29, 1.82) is 0 Å². The molecule has 12 heavy (non-hydrogen) atoms. The van der Waals surface area contributed by atoms with E-state index in [9.17, 15) is 8.42 Å². The lowest BCUT2D eigenvalue weighted by atomic mass is 10.3. The van der Waals surface area contributed by atoms with Gasteiger partial charge >= 0.3 is 0 Å². The van der Waals surface area contributed by atoms with Gasteiger partial charge in [0.1, 0.15) is 0 Å². The minimum atomic E-state index is -3.22. The van der Waals surface area contributed by atoms with Crippen LogP contribution in [0.4, 0.5) is 5.69 Å². The van der Waals surface area contributed by atoms with Gasteiger partial charge in [-0.1, -0.05) is 17.7 Å². The maximum Gasteiger partial charge on any atom is 0.229 e. The average Bonchev–Trinajstić information content (AvgIpc) is 1.82. The number of hydrogen-bond acceptors (Lipinski definition) is 2. The molecule has 0 amide bonds. The van der Waals surface area contributed by atoms with Gasteiger partial charge in [0, 0.05) is 11.8 Å². The molecule has 1 aromatic rings. The van der Waals surface area contributed by atoms with Crippen LogP contribution in [-0.2, 0) is 10.0 Å². The molecule has 3 nitrogen and oxygen atoms in total. The Bertz CT molecular complexity index is 375. The fraction of sp³-hybridized carbons (Fsp3) is 0.143. The molecule has 65 valence electrons. The number of halogens is 1. The van der Waals surface area contributed by atoms with E-state index >= 15 is 0 Å². The van der Waals surface area contributed by atoms with Gasteiger partial charge in [-0.3, -0.25) is 4.72 Å². The number of sulfonamides is 1. The molecule has 1 rings (SSSR count). The molecule has 0 bridgehead atoms. The van der Waals surface area contributed by atoms with E-state index in [-0.39, 0.29) is 0 Å². The quantitative estimate of drug-likeness (QED) is 0.794. The van der Waals surface area contributed by atoms with Crippen LogP contribution in [0.15, 0.2) is 18.2 Å². The van der Waals surface area contributed by atoms with Gasteiger partial charge in [0.05, 0.1) is 11.3 Å². The smallest absolute Gasteiger partial charge is 0.229 e. The largest absolute Gasteiger partial charge is 0.284 e. The van der Waals surface area contributed by atoms with E-state index in [0.717, 1.165) is 6.26 Å². The van der Waals surface area contributed by atoms with Gasteiger partial charge < -0.3 is 0 Å². The molecule has 0 aromatic heterocycles. The normalized spacial score (nSPS) is 11.2. The summed E-state index contributed by atoms with van der Waals surface area (Å²) in [6.07, 6.45) is 1.08. The Balaban J connectivity index is 2.91. The van der Waals surface area contributed by atoms with E-state index in [0.29, 0.717) is 10.7 Å². The van der Waals surface area contributed by atoms with Crippen LogP contribution in [0.5, 0.6) is 0 Å². The summed E-state index contributed by atoms with van der Waals surface area (Å²) in [5.74, 6) is 0. The van der Waals surface area contributed by atoms with Crippen LogP contribution in [0.25, 0.3) is 0 Å². The second-order valence-corrected chi connectivity index (χ2v) is 4.46. The standard InChI is InChI=1S/C7H7ClNO2S/c1-12(10,11)9-7-4-2-3-6(8)5-7/h2,4-5,9H,1H3. The van der Waals surface area contributed by atoms with Crippen molar-refractivity contribution in [3.63, 3.8) is 0 Å². The highest BCUT2D eigenvalue weighted by Crippen LogP contribution is 2.14. The molecule has 0 spiro atoms. The van der Waals surface area contributed by atoms with Crippen LogP contribution >= 0.6 is 11.6 Å². The second-order valence-electron chi connectivity index (χ2n) is 2.30. The van der Waals surface area contributed by atoms with Crippen molar-refractivity contribution in [2.24, 2.45) is 0 Å². The Morgan fingerprint density at radius 2 is 2.25 bits per heavy atom. The predicted octanol–water partition coefficient (Wildman–Crippen LogP) is 1.51. The average molecular weight is 205 g/mol. The van der Waals surface area contributed by atoms with Crippen molar-refractivity contribution in [3.05, 3.63) is 29.3 Å². The first-order valence-electron chi connectivity index (χ1n) is 3.12. The predicted molar refractivity (Wildman–Crippen MR) is 48.8 cm³/mol. The van der Waals surface area contributed by atoms with Crippen molar-refractivity contribution in [2.45, 2.75) is 0 Å². The lowest BCUT2D eigenvalue weighted by Crippen LogP contribution is -2.09. The van der Waals surface area contributed by atoms with E-state index in [1.54, 1.807) is 12.1 Å². The lowest BCUT2D eigenvalue weighted by molar-refractivity contribution is 0.607. The highest BCUT2D eigenvalue weighted by molar-refractivity contribution is 7.92. The molecule has 0 heterocycles. The minimum absolute atomic E-state index is 0.378. The maximum absolute atomic E-state index is 10.7. The highest BCUT2D eigenvalue weighted by atomic mass is 35.5. The van der Waals surface area contributed by atoms with E-state index in [4.69, 9.17) is 11.6 Å². The molecule has 0 atom stereocenters. The molecule has 0 saturated heterocycles. The van der Waals surface area contributed by atoms with Crippen molar-refractivity contribution in [3.8, 4) is 0 Å². The van der Waals surface area contributed by atoms with Crippen molar-refractivity contribution < 1.29 is 8.42 Å². The van der Waals surface area contributed by atoms with Gasteiger partial charge in [-0.05, 0) is 12.1 Å². The number of hydrogen-bond donors (Lipinski definition) is 1. The molecular formula is C7H7ClNO2S. The van der Waals surface area contributed by atoms with Gasteiger partial charge in [-0.15, -0.1) is 0 Å². The zero-order chi connectivity index (χ0) is 9.19. The van der Waals surface area contributed by atoms with Crippen LogP contribution in [0.3, 0.4) is 0 Å². The first-order chi connectivity index (χ1) is 5.47. The number of benzene rings is 1. The molecule has 0 aliphatic heterocycles. The van der Waals surface area contributed by atoms with Gasteiger partial charge in [0.25, 0.3) is 0 Å². The van der Waals surface area contributed by atoms with Gasteiger partial charge in [-0.2, -0.15) is 0 Å². The highest BCUT2D eigenvalue weighted by Gasteiger charge is 2.00. The summed E-state index contributed by atoms with van der Waals surface area (Å²) >= 11 is 5.58. The molecule has 0 fully saturated rings. The molecule has 0 aliphatic rings. The molecule has 1 aromatic carbocycles. The minimum Gasteiger partial charge on any atom is -0.284 e.